The first-order valence-corrected chi connectivity index (χ1v) is 8.03. The van der Waals surface area contributed by atoms with Gasteiger partial charge < -0.3 is 9.64 Å². The van der Waals surface area contributed by atoms with Crippen molar-refractivity contribution in [3.05, 3.63) is 60.2 Å². The largest absolute Gasteiger partial charge is 0.487 e. The third-order valence-corrected chi connectivity index (χ3v) is 4.73. The summed E-state index contributed by atoms with van der Waals surface area (Å²) in [5.41, 5.74) is 2.08. The van der Waals surface area contributed by atoms with Gasteiger partial charge >= 0.3 is 0 Å². The Morgan fingerprint density at radius 3 is 2.65 bits per heavy atom. The Morgan fingerprint density at radius 1 is 1.09 bits per heavy atom. The molecule has 0 spiro atoms. The number of carbonyl (C=O) groups is 1. The van der Waals surface area contributed by atoms with E-state index < -0.39 is 0 Å². The molecule has 2 aliphatic rings. The van der Waals surface area contributed by atoms with Gasteiger partial charge in [0, 0.05) is 26.6 Å². The number of rotatable bonds is 2. The molecule has 0 radical (unpaired) electrons. The van der Waals surface area contributed by atoms with Crippen LogP contribution in [0.3, 0.4) is 0 Å². The van der Waals surface area contributed by atoms with Gasteiger partial charge in [-0.2, -0.15) is 0 Å². The summed E-state index contributed by atoms with van der Waals surface area (Å²) in [6.45, 7) is 1.56. The van der Waals surface area contributed by atoms with Crippen molar-refractivity contribution < 1.29 is 9.53 Å². The molecule has 2 bridgehead atoms. The summed E-state index contributed by atoms with van der Waals surface area (Å²) in [6, 6.07) is 18.0. The van der Waals surface area contributed by atoms with Gasteiger partial charge in [-0.05, 0) is 17.7 Å². The second-order valence-electron chi connectivity index (χ2n) is 6.27. The van der Waals surface area contributed by atoms with E-state index >= 15 is 0 Å². The fourth-order valence-electron chi connectivity index (χ4n) is 3.55. The Bertz CT molecular complexity index is 716. The lowest BCUT2D eigenvalue weighted by Crippen LogP contribution is -2.44. The minimum Gasteiger partial charge on any atom is -0.487 e. The van der Waals surface area contributed by atoms with Crippen molar-refractivity contribution in [3.63, 3.8) is 0 Å². The molecule has 1 saturated heterocycles. The number of nitrogens with zero attached hydrogens (tertiary/aromatic N) is 2. The maximum absolute atomic E-state index is 12.9. The van der Waals surface area contributed by atoms with Crippen molar-refractivity contribution in [2.75, 3.05) is 18.5 Å². The Hall–Kier alpha value is -2.33. The monoisotopic (exact) mass is 308 g/mol. The summed E-state index contributed by atoms with van der Waals surface area (Å²) in [4.78, 5) is 16.9. The van der Waals surface area contributed by atoms with Crippen LogP contribution in [-0.2, 0) is 11.3 Å². The fraction of sp³-hybridized carbons (Fsp3) is 0.316. The normalized spacial score (nSPS) is 23.9. The molecule has 0 saturated carbocycles. The highest BCUT2D eigenvalue weighted by Crippen LogP contribution is 2.35. The van der Waals surface area contributed by atoms with Crippen molar-refractivity contribution in [2.24, 2.45) is 0 Å². The van der Waals surface area contributed by atoms with Gasteiger partial charge in [0.1, 0.15) is 11.9 Å². The van der Waals surface area contributed by atoms with Crippen LogP contribution in [0.25, 0.3) is 0 Å². The zero-order valence-electron chi connectivity index (χ0n) is 13.2. The van der Waals surface area contributed by atoms with Crippen LogP contribution in [0.5, 0.6) is 5.75 Å². The standard InChI is InChI=1S/C19H20N2O2/c1-20-16-9-5-6-10-18(16)23-15-11-17(19(20)22)21(13-15)12-14-7-3-2-4-8-14/h2-10,15,17H,11-13H2,1H3. The maximum atomic E-state index is 12.9. The molecule has 118 valence electrons. The second kappa shape index (κ2) is 5.70. The Balaban J connectivity index is 1.63. The van der Waals surface area contributed by atoms with E-state index in [2.05, 4.69) is 17.0 Å². The summed E-state index contributed by atoms with van der Waals surface area (Å²) >= 11 is 0. The van der Waals surface area contributed by atoms with E-state index in [1.165, 1.54) is 5.56 Å². The highest BCUT2D eigenvalue weighted by Gasteiger charge is 2.41. The molecule has 0 aromatic heterocycles. The lowest BCUT2D eigenvalue weighted by Gasteiger charge is -2.29. The number of anilines is 1. The lowest BCUT2D eigenvalue weighted by atomic mass is 10.1. The smallest absolute Gasteiger partial charge is 0.244 e. The fourth-order valence-corrected chi connectivity index (χ4v) is 3.55. The number of para-hydroxylation sites is 2. The molecule has 2 heterocycles. The molecule has 4 rings (SSSR count). The first kappa shape index (κ1) is 14.3. The summed E-state index contributed by atoms with van der Waals surface area (Å²) in [6.07, 6.45) is 0.826. The first-order chi connectivity index (χ1) is 11.2. The number of ether oxygens (including phenoxy) is 1. The maximum Gasteiger partial charge on any atom is 0.244 e. The summed E-state index contributed by atoms with van der Waals surface area (Å²) < 4.78 is 6.18. The molecule has 4 nitrogen and oxygen atoms in total. The molecule has 2 unspecified atom stereocenters. The zero-order valence-corrected chi connectivity index (χ0v) is 13.2. The van der Waals surface area contributed by atoms with Gasteiger partial charge in [-0.25, -0.2) is 0 Å². The quantitative estimate of drug-likeness (QED) is 0.855. The third-order valence-electron chi connectivity index (χ3n) is 4.73. The average Bonchev–Trinajstić information content (AvgIpc) is 2.97. The predicted molar refractivity (Wildman–Crippen MR) is 89.5 cm³/mol. The van der Waals surface area contributed by atoms with Crippen LogP contribution in [0.2, 0.25) is 0 Å². The molecule has 2 aromatic rings. The van der Waals surface area contributed by atoms with Gasteiger partial charge in [-0.1, -0.05) is 42.5 Å². The number of fused-ring (bicyclic) bond motifs is 3. The second-order valence-corrected chi connectivity index (χ2v) is 6.27. The van der Waals surface area contributed by atoms with E-state index in [1.807, 2.05) is 49.5 Å². The van der Waals surface area contributed by atoms with E-state index in [1.54, 1.807) is 4.90 Å². The molecule has 1 amide bonds. The number of carbonyl (C=O) groups excluding carboxylic acids is 1. The molecule has 2 atom stereocenters. The third kappa shape index (κ3) is 2.59. The summed E-state index contributed by atoms with van der Waals surface area (Å²) in [5, 5.41) is 0. The van der Waals surface area contributed by atoms with E-state index in [0.717, 1.165) is 30.9 Å². The van der Waals surface area contributed by atoms with Crippen molar-refractivity contribution in [1.82, 2.24) is 4.90 Å². The van der Waals surface area contributed by atoms with Crippen molar-refractivity contribution in [3.8, 4) is 5.75 Å². The van der Waals surface area contributed by atoms with Crippen molar-refractivity contribution in [1.29, 1.82) is 0 Å². The van der Waals surface area contributed by atoms with E-state index in [4.69, 9.17) is 4.74 Å². The van der Waals surface area contributed by atoms with E-state index in [0.29, 0.717) is 0 Å². The van der Waals surface area contributed by atoms with Crippen molar-refractivity contribution in [2.45, 2.75) is 25.1 Å². The van der Waals surface area contributed by atoms with Gasteiger partial charge in [-0.3, -0.25) is 9.69 Å². The SMILES string of the molecule is CN1C(=O)C2CC(CN2Cc2ccccc2)Oc2ccccc21. The average molecular weight is 308 g/mol. The topological polar surface area (TPSA) is 32.8 Å². The summed E-state index contributed by atoms with van der Waals surface area (Å²) in [7, 11) is 1.84. The van der Waals surface area contributed by atoms with Crippen LogP contribution in [-0.4, -0.2) is 36.5 Å². The zero-order chi connectivity index (χ0) is 15.8. The Labute approximate surface area is 136 Å². The van der Waals surface area contributed by atoms with E-state index in [-0.39, 0.29) is 18.1 Å². The van der Waals surface area contributed by atoms with Crippen molar-refractivity contribution >= 4 is 11.6 Å². The highest BCUT2D eigenvalue weighted by atomic mass is 16.5. The summed E-state index contributed by atoms with van der Waals surface area (Å²) in [5.74, 6) is 0.951. The van der Waals surface area contributed by atoms with Crippen LogP contribution in [0.1, 0.15) is 12.0 Å². The molecule has 0 N–H and O–H groups in total. The van der Waals surface area contributed by atoms with Crippen LogP contribution in [0.4, 0.5) is 5.69 Å². The van der Waals surface area contributed by atoms with Crippen LogP contribution in [0, 0.1) is 0 Å². The molecule has 23 heavy (non-hydrogen) atoms. The molecule has 2 aliphatic heterocycles. The number of likely N-dealkylation sites (N-methyl/N-ethyl adjacent to an activating group) is 1. The first-order valence-electron chi connectivity index (χ1n) is 8.03. The van der Waals surface area contributed by atoms with Crippen LogP contribution >= 0.6 is 0 Å². The Morgan fingerprint density at radius 2 is 1.83 bits per heavy atom. The number of amides is 1. The number of hydrogen-bond acceptors (Lipinski definition) is 3. The molecule has 1 fully saturated rings. The molecule has 2 aromatic carbocycles. The number of hydrogen-bond donors (Lipinski definition) is 0. The Kier molecular flexibility index (Phi) is 3.54. The lowest BCUT2D eigenvalue weighted by molar-refractivity contribution is -0.122. The predicted octanol–water partition coefficient (Wildman–Crippen LogP) is 2.68. The van der Waals surface area contributed by atoms with Gasteiger partial charge in [0.25, 0.3) is 0 Å². The van der Waals surface area contributed by atoms with Gasteiger partial charge in [0.05, 0.1) is 11.7 Å². The highest BCUT2D eigenvalue weighted by molar-refractivity contribution is 5.98. The van der Waals surface area contributed by atoms with Crippen LogP contribution in [0.15, 0.2) is 54.6 Å². The van der Waals surface area contributed by atoms with Gasteiger partial charge in [0.2, 0.25) is 5.91 Å². The number of likely N-dealkylation sites (tertiary alicyclic amines) is 1. The minimum atomic E-state index is -0.112. The number of benzene rings is 2. The van der Waals surface area contributed by atoms with E-state index in [9.17, 15) is 4.79 Å². The van der Waals surface area contributed by atoms with Crippen LogP contribution < -0.4 is 9.64 Å². The van der Waals surface area contributed by atoms with Gasteiger partial charge in [-0.15, -0.1) is 0 Å². The molecular formula is C19H20N2O2. The van der Waals surface area contributed by atoms with Gasteiger partial charge in [0.15, 0.2) is 0 Å². The minimum absolute atomic E-state index is 0.0718. The molecular weight excluding hydrogens is 288 g/mol. The molecule has 0 aliphatic carbocycles. The molecule has 4 heteroatoms.